The first-order chi connectivity index (χ1) is 7.63. The summed E-state index contributed by atoms with van der Waals surface area (Å²) >= 11 is 0. The van der Waals surface area contributed by atoms with Gasteiger partial charge in [-0.1, -0.05) is 38.1 Å². The maximum Gasteiger partial charge on any atom is 0.233 e. The molecule has 0 heterocycles. The van der Waals surface area contributed by atoms with Crippen LogP contribution < -0.4 is 11.1 Å². The highest BCUT2D eigenvalue weighted by Gasteiger charge is 2.00. The number of nitrogens with one attached hydrogen (secondary N) is 1. The summed E-state index contributed by atoms with van der Waals surface area (Å²) in [6, 6.07) is 8.52. The Morgan fingerprint density at radius 3 is 2.44 bits per heavy atom. The highest BCUT2D eigenvalue weighted by molar-refractivity contribution is 5.77. The van der Waals surface area contributed by atoms with Gasteiger partial charge in [-0.3, -0.25) is 4.79 Å². The third-order valence-corrected chi connectivity index (χ3v) is 2.57. The topological polar surface area (TPSA) is 55.1 Å². The maximum absolute atomic E-state index is 10.9. The second-order valence-corrected chi connectivity index (χ2v) is 4.20. The molecule has 1 aromatic rings. The number of amides is 1. The van der Waals surface area contributed by atoms with Crippen LogP contribution in [0.5, 0.6) is 0 Å². The minimum atomic E-state index is -0.0983. The largest absolute Gasteiger partial charge is 0.355 e. The van der Waals surface area contributed by atoms with Gasteiger partial charge in [0.2, 0.25) is 5.91 Å². The van der Waals surface area contributed by atoms with Crippen molar-refractivity contribution in [2.45, 2.75) is 26.2 Å². The molecule has 0 saturated heterocycles. The minimum absolute atomic E-state index is 0.0618. The van der Waals surface area contributed by atoms with Gasteiger partial charge in [0.15, 0.2) is 0 Å². The SMILES string of the molecule is CC(C)c1ccc(CCNC(=O)CN)cc1. The number of hydrogen-bond acceptors (Lipinski definition) is 2. The van der Waals surface area contributed by atoms with E-state index in [-0.39, 0.29) is 12.5 Å². The average Bonchev–Trinajstić information content (AvgIpc) is 2.29. The van der Waals surface area contributed by atoms with Gasteiger partial charge in [0.05, 0.1) is 6.54 Å². The zero-order valence-electron chi connectivity index (χ0n) is 9.99. The molecule has 0 aromatic heterocycles. The molecule has 1 aromatic carbocycles. The van der Waals surface area contributed by atoms with Crippen molar-refractivity contribution in [2.75, 3.05) is 13.1 Å². The summed E-state index contributed by atoms with van der Waals surface area (Å²) in [6.45, 7) is 5.07. The van der Waals surface area contributed by atoms with Crippen molar-refractivity contribution in [1.29, 1.82) is 0 Å². The molecule has 3 N–H and O–H groups in total. The third kappa shape index (κ3) is 4.03. The van der Waals surface area contributed by atoms with Crippen molar-refractivity contribution in [2.24, 2.45) is 5.73 Å². The van der Waals surface area contributed by atoms with Crippen molar-refractivity contribution >= 4 is 5.91 Å². The molecule has 0 unspecified atom stereocenters. The number of benzene rings is 1. The fourth-order valence-electron chi connectivity index (χ4n) is 1.49. The van der Waals surface area contributed by atoms with Crippen LogP contribution in [0.15, 0.2) is 24.3 Å². The molecular weight excluding hydrogens is 200 g/mol. The van der Waals surface area contributed by atoms with E-state index in [1.807, 2.05) is 0 Å². The Labute approximate surface area is 97.0 Å². The molecule has 0 aliphatic rings. The van der Waals surface area contributed by atoms with Crippen LogP contribution in [0.4, 0.5) is 0 Å². The number of rotatable bonds is 5. The lowest BCUT2D eigenvalue weighted by molar-refractivity contribution is -0.119. The summed E-state index contributed by atoms with van der Waals surface area (Å²) in [7, 11) is 0. The van der Waals surface area contributed by atoms with Crippen LogP contribution in [0.2, 0.25) is 0 Å². The first-order valence-corrected chi connectivity index (χ1v) is 5.69. The third-order valence-electron chi connectivity index (χ3n) is 2.57. The highest BCUT2D eigenvalue weighted by atomic mass is 16.1. The first kappa shape index (κ1) is 12.7. The van der Waals surface area contributed by atoms with Crippen molar-refractivity contribution in [3.05, 3.63) is 35.4 Å². The van der Waals surface area contributed by atoms with E-state index in [0.717, 1.165) is 6.42 Å². The molecule has 3 heteroatoms. The number of nitrogens with two attached hydrogens (primary N) is 1. The van der Waals surface area contributed by atoms with Crippen LogP contribution in [0.25, 0.3) is 0 Å². The van der Waals surface area contributed by atoms with E-state index in [9.17, 15) is 4.79 Å². The smallest absolute Gasteiger partial charge is 0.233 e. The lowest BCUT2D eigenvalue weighted by Crippen LogP contribution is -2.31. The molecular formula is C13H20N2O. The molecule has 0 bridgehead atoms. The van der Waals surface area contributed by atoms with Gasteiger partial charge in [0.25, 0.3) is 0 Å². The lowest BCUT2D eigenvalue weighted by atomic mass is 10.0. The van der Waals surface area contributed by atoms with Gasteiger partial charge < -0.3 is 11.1 Å². The van der Waals surface area contributed by atoms with E-state index >= 15 is 0 Å². The minimum Gasteiger partial charge on any atom is -0.355 e. The molecule has 0 fully saturated rings. The fourth-order valence-corrected chi connectivity index (χ4v) is 1.49. The molecule has 0 radical (unpaired) electrons. The standard InChI is InChI=1S/C13H20N2O/c1-10(2)12-5-3-11(4-6-12)7-8-15-13(16)9-14/h3-6,10H,7-9,14H2,1-2H3,(H,15,16). The van der Waals surface area contributed by atoms with E-state index in [2.05, 4.69) is 43.4 Å². The van der Waals surface area contributed by atoms with Crippen LogP contribution >= 0.6 is 0 Å². The first-order valence-electron chi connectivity index (χ1n) is 5.69. The van der Waals surface area contributed by atoms with Gasteiger partial charge in [-0.2, -0.15) is 0 Å². The molecule has 3 nitrogen and oxygen atoms in total. The van der Waals surface area contributed by atoms with Crippen LogP contribution in [-0.4, -0.2) is 19.0 Å². The summed E-state index contributed by atoms with van der Waals surface area (Å²) in [5.74, 6) is 0.463. The van der Waals surface area contributed by atoms with Crippen molar-refractivity contribution in [3.8, 4) is 0 Å². The van der Waals surface area contributed by atoms with Crippen molar-refractivity contribution in [1.82, 2.24) is 5.32 Å². The predicted molar refractivity (Wildman–Crippen MR) is 66.3 cm³/mol. The molecule has 1 amide bonds. The van der Waals surface area contributed by atoms with Crippen molar-refractivity contribution in [3.63, 3.8) is 0 Å². The van der Waals surface area contributed by atoms with E-state index in [1.165, 1.54) is 11.1 Å². The Bertz CT molecular complexity index is 330. The van der Waals surface area contributed by atoms with Crippen LogP contribution in [0.3, 0.4) is 0 Å². The molecule has 0 saturated carbocycles. The Kier molecular flexibility index (Phi) is 4.99. The summed E-state index contributed by atoms with van der Waals surface area (Å²) < 4.78 is 0. The summed E-state index contributed by atoms with van der Waals surface area (Å²) in [4.78, 5) is 10.9. The van der Waals surface area contributed by atoms with Gasteiger partial charge in [0.1, 0.15) is 0 Å². The molecule has 16 heavy (non-hydrogen) atoms. The van der Waals surface area contributed by atoms with Gasteiger partial charge >= 0.3 is 0 Å². The van der Waals surface area contributed by atoms with E-state index < -0.39 is 0 Å². The normalized spacial score (nSPS) is 10.5. The summed E-state index contributed by atoms with van der Waals surface area (Å²) in [6.07, 6.45) is 0.851. The number of hydrogen-bond donors (Lipinski definition) is 2. The van der Waals surface area contributed by atoms with Crippen LogP contribution in [-0.2, 0) is 11.2 Å². The molecule has 0 spiro atoms. The number of carbonyl (C=O) groups excluding carboxylic acids is 1. The monoisotopic (exact) mass is 220 g/mol. The highest BCUT2D eigenvalue weighted by Crippen LogP contribution is 2.14. The summed E-state index contributed by atoms with van der Waals surface area (Å²) in [5.41, 5.74) is 7.77. The van der Waals surface area contributed by atoms with E-state index in [0.29, 0.717) is 12.5 Å². The molecule has 1 rings (SSSR count). The van der Waals surface area contributed by atoms with Gasteiger partial charge in [-0.25, -0.2) is 0 Å². The van der Waals surface area contributed by atoms with Gasteiger partial charge in [0, 0.05) is 6.54 Å². The van der Waals surface area contributed by atoms with Gasteiger partial charge in [-0.05, 0) is 23.5 Å². The Hall–Kier alpha value is -1.35. The fraction of sp³-hybridized carbons (Fsp3) is 0.462. The summed E-state index contributed by atoms with van der Waals surface area (Å²) in [5, 5.41) is 2.75. The zero-order chi connectivity index (χ0) is 12.0. The molecule has 0 aliphatic carbocycles. The van der Waals surface area contributed by atoms with E-state index in [4.69, 9.17) is 5.73 Å². The second-order valence-electron chi connectivity index (χ2n) is 4.20. The Morgan fingerprint density at radius 1 is 1.31 bits per heavy atom. The Balaban J connectivity index is 2.40. The lowest BCUT2D eigenvalue weighted by Gasteiger charge is -2.07. The zero-order valence-corrected chi connectivity index (χ0v) is 9.99. The van der Waals surface area contributed by atoms with Crippen molar-refractivity contribution < 1.29 is 4.79 Å². The average molecular weight is 220 g/mol. The molecule has 88 valence electrons. The predicted octanol–water partition coefficient (Wildman–Crippen LogP) is 1.43. The number of carbonyl (C=O) groups is 1. The van der Waals surface area contributed by atoms with Crippen LogP contribution in [0.1, 0.15) is 30.9 Å². The molecule has 0 aliphatic heterocycles. The van der Waals surface area contributed by atoms with E-state index in [1.54, 1.807) is 0 Å². The quantitative estimate of drug-likeness (QED) is 0.788. The van der Waals surface area contributed by atoms with Crippen LogP contribution in [0, 0.1) is 0 Å². The van der Waals surface area contributed by atoms with Gasteiger partial charge in [-0.15, -0.1) is 0 Å². The second kappa shape index (κ2) is 6.28. The molecule has 0 atom stereocenters. The Morgan fingerprint density at radius 2 is 1.94 bits per heavy atom. The maximum atomic E-state index is 10.9.